The number of amides is 1. The van der Waals surface area contributed by atoms with Gasteiger partial charge in [0.2, 0.25) is 15.9 Å². The van der Waals surface area contributed by atoms with Crippen LogP contribution in [-0.2, 0) is 21.4 Å². The number of carbonyl (C=O) groups excluding carboxylic acids is 1. The lowest BCUT2D eigenvalue weighted by Gasteiger charge is -2.20. The van der Waals surface area contributed by atoms with Crippen molar-refractivity contribution < 1.29 is 13.2 Å². The molecule has 0 spiro atoms. The van der Waals surface area contributed by atoms with E-state index in [1.165, 1.54) is 30.0 Å². The second-order valence-electron chi connectivity index (χ2n) is 6.64. The van der Waals surface area contributed by atoms with Gasteiger partial charge in [0.05, 0.1) is 12.8 Å². The Hall–Kier alpha value is -1.05. The van der Waals surface area contributed by atoms with E-state index in [1.54, 1.807) is 0 Å². The molecule has 1 aromatic carbocycles. The first kappa shape index (κ1) is 20.3. The number of sulfonamides is 1. The van der Waals surface area contributed by atoms with Gasteiger partial charge in [-0.05, 0) is 25.3 Å². The molecule has 0 unspecified atom stereocenters. The quantitative estimate of drug-likeness (QED) is 0.665. The van der Waals surface area contributed by atoms with Gasteiger partial charge in [-0.1, -0.05) is 42.7 Å². The summed E-state index contributed by atoms with van der Waals surface area (Å²) in [4.78, 5) is 12.1. The molecule has 1 fully saturated rings. The zero-order chi connectivity index (χ0) is 18.3. The number of nitrogens with zero attached hydrogens (tertiary/aromatic N) is 1. The smallest absolute Gasteiger partial charge is 0.235 e. The summed E-state index contributed by atoms with van der Waals surface area (Å²) in [6.07, 6.45) is 6.32. The molecule has 0 heterocycles. The summed E-state index contributed by atoms with van der Waals surface area (Å²) >= 11 is 1.91. The average molecular weight is 385 g/mol. The Morgan fingerprint density at radius 3 is 2.48 bits per heavy atom. The molecule has 2 rings (SSSR count). The second kappa shape index (κ2) is 9.59. The minimum atomic E-state index is -3.44. The van der Waals surface area contributed by atoms with E-state index < -0.39 is 10.0 Å². The Balaban J connectivity index is 1.79. The molecule has 1 N–H and O–H groups in total. The van der Waals surface area contributed by atoms with E-state index >= 15 is 0 Å². The highest BCUT2D eigenvalue weighted by atomic mass is 32.2. The topological polar surface area (TPSA) is 66.5 Å². The standard InChI is InChI=1S/C18H28N2O3S2/c1-15-7-9-16(10-8-15)13-20(25(2,22)23)14-18(21)19-11-12-24-17-5-3-4-6-17/h7-10,17H,3-6,11-14H2,1-2H3,(H,19,21). The van der Waals surface area contributed by atoms with Gasteiger partial charge in [-0.25, -0.2) is 8.42 Å². The van der Waals surface area contributed by atoms with Crippen LogP contribution in [0.25, 0.3) is 0 Å². The number of hydrogen-bond acceptors (Lipinski definition) is 4. The highest BCUT2D eigenvalue weighted by molar-refractivity contribution is 7.99. The zero-order valence-electron chi connectivity index (χ0n) is 15.0. The van der Waals surface area contributed by atoms with Crippen LogP contribution in [0.4, 0.5) is 0 Å². The third kappa shape index (κ3) is 7.38. The molecule has 0 aliphatic heterocycles. The fraction of sp³-hybridized carbons (Fsp3) is 0.611. The molecule has 140 valence electrons. The van der Waals surface area contributed by atoms with Gasteiger partial charge < -0.3 is 5.32 Å². The first-order chi connectivity index (χ1) is 11.8. The fourth-order valence-corrected chi connectivity index (χ4v) is 4.83. The number of rotatable bonds is 9. The van der Waals surface area contributed by atoms with E-state index in [-0.39, 0.29) is 19.0 Å². The number of nitrogens with one attached hydrogen (secondary N) is 1. The van der Waals surface area contributed by atoms with Crippen LogP contribution in [0.15, 0.2) is 24.3 Å². The van der Waals surface area contributed by atoms with Crippen LogP contribution < -0.4 is 5.32 Å². The van der Waals surface area contributed by atoms with Crippen molar-refractivity contribution in [1.82, 2.24) is 9.62 Å². The van der Waals surface area contributed by atoms with Crippen molar-refractivity contribution >= 4 is 27.7 Å². The summed E-state index contributed by atoms with van der Waals surface area (Å²) in [7, 11) is -3.44. The maximum absolute atomic E-state index is 12.1. The summed E-state index contributed by atoms with van der Waals surface area (Å²) in [6, 6.07) is 7.67. The summed E-state index contributed by atoms with van der Waals surface area (Å²) in [6.45, 7) is 2.64. The van der Waals surface area contributed by atoms with Gasteiger partial charge in [-0.2, -0.15) is 16.1 Å². The van der Waals surface area contributed by atoms with Crippen molar-refractivity contribution in [2.45, 2.75) is 44.4 Å². The van der Waals surface area contributed by atoms with Crippen molar-refractivity contribution in [2.75, 3.05) is 25.1 Å². The van der Waals surface area contributed by atoms with Gasteiger partial charge >= 0.3 is 0 Å². The Labute approximate surface area is 155 Å². The SMILES string of the molecule is Cc1ccc(CN(CC(=O)NCCSC2CCCC2)S(C)(=O)=O)cc1. The van der Waals surface area contributed by atoms with Gasteiger partial charge in [0, 0.05) is 24.1 Å². The molecule has 0 bridgehead atoms. The average Bonchev–Trinajstić information content (AvgIpc) is 3.05. The van der Waals surface area contributed by atoms with Crippen LogP contribution in [0.1, 0.15) is 36.8 Å². The molecule has 0 aromatic heterocycles. The van der Waals surface area contributed by atoms with Gasteiger partial charge in [0.25, 0.3) is 0 Å². The molecule has 1 amide bonds. The number of thioether (sulfide) groups is 1. The Bertz CT molecular complexity index is 653. The Morgan fingerprint density at radius 2 is 1.88 bits per heavy atom. The van der Waals surface area contributed by atoms with E-state index in [0.717, 1.165) is 28.4 Å². The van der Waals surface area contributed by atoms with Crippen molar-refractivity contribution in [3.63, 3.8) is 0 Å². The Kier molecular flexibility index (Phi) is 7.78. The maximum Gasteiger partial charge on any atom is 0.235 e. The van der Waals surface area contributed by atoms with Gasteiger partial charge in [0.15, 0.2) is 0 Å². The molecule has 1 aliphatic rings. The lowest BCUT2D eigenvalue weighted by molar-refractivity contribution is -0.121. The van der Waals surface area contributed by atoms with E-state index in [4.69, 9.17) is 0 Å². The lowest BCUT2D eigenvalue weighted by atomic mass is 10.1. The van der Waals surface area contributed by atoms with Crippen LogP contribution >= 0.6 is 11.8 Å². The predicted octanol–water partition coefficient (Wildman–Crippen LogP) is 2.55. The van der Waals surface area contributed by atoms with Gasteiger partial charge in [-0.3, -0.25) is 4.79 Å². The first-order valence-corrected chi connectivity index (χ1v) is 11.6. The highest BCUT2D eigenvalue weighted by Gasteiger charge is 2.20. The molecule has 0 radical (unpaired) electrons. The number of benzene rings is 1. The van der Waals surface area contributed by atoms with Gasteiger partial charge in [0.1, 0.15) is 0 Å². The monoisotopic (exact) mass is 384 g/mol. The Morgan fingerprint density at radius 1 is 1.24 bits per heavy atom. The molecule has 1 aliphatic carbocycles. The largest absolute Gasteiger partial charge is 0.354 e. The summed E-state index contributed by atoms with van der Waals surface area (Å²) in [5.74, 6) is 0.636. The minimum Gasteiger partial charge on any atom is -0.354 e. The number of aryl methyl sites for hydroxylation is 1. The fourth-order valence-electron chi connectivity index (χ4n) is 2.87. The van der Waals surface area contributed by atoms with Crippen molar-refractivity contribution in [3.8, 4) is 0 Å². The molecule has 5 nitrogen and oxygen atoms in total. The van der Waals surface area contributed by atoms with E-state index in [0.29, 0.717) is 6.54 Å². The summed E-state index contributed by atoms with van der Waals surface area (Å²) < 4.78 is 25.2. The molecule has 0 saturated heterocycles. The molecule has 1 saturated carbocycles. The molecule has 1 aromatic rings. The third-order valence-corrected chi connectivity index (χ3v) is 6.93. The predicted molar refractivity (Wildman–Crippen MR) is 104 cm³/mol. The van der Waals surface area contributed by atoms with Crippen molar-refractivity contribution in [2.24, 2.45) is 0 Å². The second-order valence-corrected chi connectivity index (χ2v) is 10.0. The van der Waals surface area contributed by atoms with Crippen LogP contribution in [0.2, 0.25) is 0 Å². The molecule has 7 heteroatoms. The van der Waals surface area contributed by atoms with Gasteiger partial charge in [-0.15, -0.1) is 0 Å². The molecular weight excluding hydrogens is 356 g/mol. The lowest BCUT2D eigenvalue weighted by Crippen LogP contribution is -2.40. The van der Waals surface area contributed by atoms with Crippen molar-refractivity contribution in [3.05, 3.63) is 35.4 Å². The van der Waals surface area contributed by atoms with Crippen LogP contribution in [0.3, 0.4) is 0 Å². The minimum absolute atomic E-state index is 0.138. The first-order valence-electron chi connectivity index (χ1n) is 8.73. The van der Waals surface area contributed by atoms with E-state index in [9.17, 15) is 13.2 Å². The van der Waals surface area contributed by atoms with Crippen molar-refractivity contribution in [1.29, 1.82) is 0 Å². The molecular formula is C18H28N2O3S2. The molecule has 0 atom stereocenters. The van der Waals surface area contributed by atoms with E-state index in [2.05, 4.69) is 5.32 Å². The van der Waals surface area contributed by atoms with Crippen LogP contribution in [0.5, 0.6) is 0 Å². The molecule has 25 heavy (non-hydrogen) atoms. The summed E-state index contributed by atoms with van der Waals surface area (Å²) in [5.41, 5.74) is 1.99. The summed E-state index contributed by atoms with van der Waals surface area (Å²) in [5, 5.41) is 3.57. The highest BCUT2D eigenvalue weighted by Crippen LogP contribution is 2.28. The number of carbonyl (C=O) groups is 1. The third-order valence-electron chi connectivity index (χ3n) is 4.35. The number of hydrogen-bond donors (Lipinski definition) is 1. The van der Waals surface area contributed by atoms with Crippen LogP contribution in [-0.4, -0.2) is 49.0 Å². The maximum atomic E-state index is 12.1. The van der Waals surface area contributed by atoms with Crippen LogP contribution in [0, 0.1) is 6.92 Å². The zero-order valence-corrected chi connectivity index (χ0v) is 16.7. The normalized spacial score (nSPS) is 15.6. The van der Waals surface area contributed by atoms with E-state index in [1.807, 2.05) is 43.0 Å².